The van der Waals surface area contributed by atoms with E-state index in [2.05, 4.69) is 99.4 Å². The largest absolute Gasteiger partial charge is 0.481 e. The number of aliphatic carboxylic acids is 2. The van der Waals surface area contributed by atoms with Crippen LogP contribution < -0.4 is 74.9 Å². The number of nitrogens with two attached hydrogens (primary N) is 1. The number of amides is 13. The molecule has 4 bridgehead atoms. The van der Waals surface area contributed by atoms with Crippen molar-refractivity contribution < 1.29 is 82.1 Å². The van der Waals surface area contributed by atoms with Crippen LogP contribution in [0.15, 0.2) is 73.6 Å². The number of imidazole rings is 1. The second kappa shape index (κ2) is 41.4. The number of primary amides is 1. The summed E-state index contributed by atoms with van der Waals surface area (Å²) in [5, 5.41) is 64.8. The van der Waals surface area contributed by atoms with Crippen molar-refractivity contribution >= 4 is 111 Å². The molecule has 38 heteroatoms. The fourth-order valence-electron chi connectivity index (χ4n) is 14.2. The number of carbonyl (C=O) groups excluding carboxylic acids is 13. The molecule has 0 spiro atoms. The Labute approximate surface area is 675 Å². The van der Waals surface area contributed by atoms with E-state index in [0.29, 0.717) is 44.2 Å². The van der Waals surface area contributed by atoms with Crippen LogP contribution in [0.1, 0.15) is 168 Å². The Morgan fingerprint density at radius 2 is 1.29 bits per heavy atom. The first-order chi connectivity index (χ1) is 55.3. The van der Waals surface area contributed by atoms with E-state index in [9.17, 15) is 67.7 Å². The molecule has 8 rings (SSSR count). The number of hydrogen-bond acceptors (Lipinski definition) is 19. The average molecular weight is 1630 g/mol. The number of carboxylic acid groups (broad SMARTS) is 2. The van der Waals surface area contributed by atoms with E-state index in [4.69, 9.17) is 5.73 Å². The van der Waals surface area contributed by atoms with Crippen LogP contribution in [-0.4, -0.2) is 218 Å². The maximum absolute atomic E-state index is 15.1. The molecule has 6 aromatic rings. The molecule has 2 aromatic carbocycles. The van der Waals surface area contributed by atoms with Crippen LogP contribution in [0.25, 0.3) is 21.8 Å². The number of rotatable bonds is 20. The summed E-state index contributed by atoms with van der Waals surface area (Å²) in [5.74, 6) is -16.3. The van der Waals surface area contributed by atoms with Gasteiger partial charge in [0.15, 0.2) is 0 Å². The number of fused-ring (bicyclic) bond motifs is 6. The number of benzene rings is 2. The van der Waals surface area contributed by atoms with Gasteiger partial charge in [0.05, 0.1) is 36.7 Å². The van der Waals surface area contributed by atoms with Gasteiger partial charge >= 0.3 is 11.9 Å². The van der Waals surface area contributed by atoms with Crippen LogP contribution in [0.4, 0.5) is 0 Å². The molecule has 634 valence electrons. The third-order valence-corrected chi connectivity index (χ3v) is 20.2. The number of hydrogen-bond donors (Lipinski definition) is 19. The highest BCUT2D eigenvalue weighted by Crippen LogP contribution is 2.33. The Hall–Kier alpha value is -12.1. The van der Waals surface area contributed by atoms with E-state index in [1.54, 1.807) is 130 Å². The van der Waals surface area contributed by atoms with Crippen molar-refractivity contribution in [3.63, 3.8) is 0 Å². The second-order valence-electron chi connectivity index (χ2n) is 32.3. The molecule has 6 heterocycles. The van der Waals surface area contributed by atoms with Gasteiger partial charge < -0.3 is 100 Å². The highest BCUT2D eigenvalue weighted by atomic mass is 16.4. The lowest BCUT2D eigenvalue weighted by atomic mass is 9.88. The summed E-state index contributed by atoms with van der Waals surface area (Å²) < 4.78 is 1.48. The standard InChI is InChI=1S/C79H111N21O17/c1-39(2)27-55-69(108)84-36-61(101)87-53(24-25-62(102)103)71(110)92-56(28-40(3)4)76(115)96-66-42(7)48-18-16-21-51-64(48)45(34-83-51)30-58(94-78(66)117)73(112)88-52(72(111)95-65(41(5)6)67(80)106)20-14-15-26-100-37-46(98-99-100)22-23-54(89-77(116)60(32-63(104)105)97-79(9,10)11)70(109)86-43(8)68(107)90-57(29-44-33-82-50-19-13-12-17-49(44)50)74(113)93-59(75(114)91-55)31-47-35-81-38-85-47/h12-13,16-19,21,33-35,37-43,52-60,65-66,82-83,97H,14-15,20,22-32,36H2,1-11H3,(H2,80,106)(H,81,85)(H,84,108)(H,86,109)(H,87,101)(H,88,112)(H,89,116)(H,90,107)(H,91,114)(H,92,110)(H,93,113)(H,94,117)(H,95,111)(H,96,115)(H,102,103)(H,104,105)/t42?,43-,52-,53-,54-,55-,56-,57-,58-,59-,60-,65-,66-/m0/s1. The molecular formula is C79H111N21O17. The maximum atomic E-state index is 15.1. The monoisotopic (exact) mass is 1630 g/mol. The highest BCUT2D eigenvalue weighted by Gasteiger charge is 2.41. The Morgan fingerprint density at radius 3 is 1.94 bits per heavy atom. The van der Waals surface area contributed by atoms with E-state index in [-0.39, 0.29) is 88.3 Å². The number of nitrogens with zero attached hydrogens (tertiary/aromatic N) is 4. The van der Waals surface area contributed by atoms with Gasteiger partial charge in [0.25, 0.3) is 0 Å². The summed E-state index contributed by atoms with van der Waals surface area (Å²) in [7, 11) is 0. The summed E-state index contributed by atoms with van der Waals surface area (Å²) in [5.41, 5.74) is 8.55. The van der Waals surface area contributed by atoms with Crippen LogP contribution in [0, 0.1) is 17.8 Å². The molecule has 2 aliphatic heterocycles. The minimum atomic E-state index is -1.66. The number of H-pyrrole nitrogens is 3. The molecule has 20 N–H and O–H groups in total. The number of para-hydroxylation sites is 1. The summed E-state index contributed by atoms with van der Waals surface area (Å²) in [6, 6.07) is -4.96. The number of aromatic nitrogens is 7. The minimum absolute atomic E-state index is 0.0429. The van der Waals surface area contributed by atoms with Gasteiger partial charge in [-0.05, 0) is 126 Å². The first kappa shape index (κ1) is 90.4. The Morgan fingerprint density at radius 1 is 0.650 bits per heavy atom. The van der Waals surface area contributed by atoms with Gasteiger partial charge in [-0.25, -0.2) is 4.98 Å². The summed E-state index contributed by atoms with van der Waals surface area (Å²) >= 11 is 0. The molecule has 13 atom stereocenters. The fourth-order valence-corrected chi connectivity index (χ4v) is 14.2. The molecule has 38 nitrogen and oxygen atoms in total. The normalized spacial score (nSPS) is 23.4. The zero-order valence-electron chi connectivity index (χ0n) is 67.7. The average Bonchev–Trinajstić information content (AvgIpc) is 1.63. The lowest BCUT2D eigenvalue weighted by Gasteiger charge is -2.30. The number of carboxylic acids is 2. The van der Waals surface area contributed by atoms with E-state index in [1.165, 1.54) is 24.1 Å². The van der Waals surface area contributed by atoms with Crippen molar-refractivity contribution in [2.45, 2.75) is 250 Å². The summed E-state index contributed by atoms with van der Waals surface area (Å²) in [4.78, 5) is 226. The number of aryl methyl sites for hydroxylation is 2. The van der Waals surface area contributed by atoms with Crippen LogP contribution >= 0.6 is 0 Å². The second-order valence-corrected chi connectivity index (χ2v) is 32.3. The highest BCUT2D eigenvalue weighted by molar-refractivity contribution is 6.01. The summed E-state index contributed by atoms with van der Waals surface area (Å²) in [6.07, 6.45) is 5.25. The molecule has 13 amide bonds. The van der Waals surface area contributed by atoms with Crippen molar-refractivity contribution in [2.75, 3.05) is 6.54 Å². The molecule has 0 fully saturated rings. The molecule has 0 aliphatic carbocycles. The first-order valence-corrected chi connectivity index (χ1v) is 39.4. The third kappa shape index (κ3) is 26.5. The fraction of sp³-hybridized carbons (Fsp3) is 0.544. The molecule has 0 radical (unpaired) electrons. The van der Waals surface area contributed by atoms with E-state index in [1.807, 2.05) is 0 Å². The van der Waals surface area contributed by atoms with Gasteiger partial charge in [0.1, 0.15) is 66.5 Å². The molecule has 1 unspecified atom stereocenters. The van der Waals surface area contributed by atoms with Crippen molar-refractivity contribution in [1.29, 1.82) is 0 Å². The molecule has 0 saturated carbocycles. The quantitative estimate of drug-likeness (QED) is 0.0467. The van der Waals surface area contributed by atoms with Gasteiger partial charge in [0, 0.05) is 90.3 Å². The zero-order valence-corrected chi connectivity index (χ0v) is 67.7. The molecule has 117 heavy (non-hydrogen) atoms. The Kier molecular flexibility index (Phi) is 32.0. The molecule has 4 aromatic heterocycles. The van der Waals surface area contributed by atoms with Crippen molar-refractivity contribution in [3.8, 4) is 0 Å². The first-order valence-electron chi connectivity index (χ1n) is 39.4. The molecule has 2 aliphatic rings. The lowest BCUT2D eigenvalue weighted by Crippen LogP contribution is -2.61. The maximum Gasteiger partial charge on any atom is 0.305 e. The lowest BCUT2D eigenvalue weighted by molar-refractivity contribution is -0.140. The van der Waals surface area contributed by atoms with Gasteiger partial charge in [-0.1, -0.05) is 84.0 Å². The SMILES string of the molecule is CC(C)C[C@@H]1NC(=O)[C@H](Cc2c[nH]cn2)NC(=O)[C@H](Cc2c[nH]c3ccccc23)NC(=O)[C@H](C)NC(=O)[C@@H](NC(=O)[C@H](CC(=O)O)NC(C)(C)C)CCc2cn(nn2)CCCC[C@@H](C(=O)N[C@H](C(N)=O)C(C)C)NC(=O)[C@@H]2Cc3c[nH]c4cccc(c34)C(C)[C@H](NC(=O)[C@H](CC(C)C)NC(=O)[C@H](CCC(=O)O)NC(=O)CNC1=O)C(=O)N2. The van der Waals surface area contributed by atoms with Crippen LogP contribution in [0.2, 0.25) is 0 Å². The van der Waals surface area contributed by atoms with Crippen molar-refractivity contribution in [1.82, 2.24) is 104 Å². The summed E-state index contributed by atoms with van der Waals surface area (Å²) in [6.45, 7) is 17.8. The van der Waals surface area contributed by atoms with E-state index in [0.717, 1.165) is 0 Å². The number of aromatic amines is 3. The predicted octanol–water partition coefficient (Wildman–Crippen LogP) is -0.276. The van der Waals surface area contributed by atoms with E-state index >= 15 is 14.4 Å². The van der Waals surface area contributed by atoms with Gasteiger partial charge in [-0.3, -0.25) is 76.6 Å². The van der Waals surface area contributed by atoms with E-state index < -0.39 is 204 Å². The van der Waals surface area contributed by atoms with Gasteiger partial charge in [0.2, 0.25) is 76.8 Å². The van der Waals surface area contributed by atoms with Gasteiger partial charge in [-0.15, -0.1) is 5.10 Å². The number of carbonyl (C=O) groups is 15. The van der Waals surface area contributed by atoms with Crippen LogP contribution in [0.3, 0.4) is 0 Å². The van der Waals surface area contributed by atoms with Crippen LogP contribution in [-0.2, 0) is 104 Å². The third-order valence-electron chi connectivity index (χ3n) is 20.2. The Balaban J connectivity index is 1.16. The number of nitrogens with one attached hydrogen (secondary N) is 16. The van der Waals surface area contributed by atoms with Crippen molar-refractivity contribution in [2.24, 2.45) is 23.5 Å². The smallest absolute Gasteiger partial charge is 0.305 e. The molecule has 0 saturated heterocycles. The van der Waals surface area contributed by atoms with Crippen molar-refractivity contribution in [3.05, 3.63) is 102 Å². The predicted molar refractivity (Wildman–Crippen MR) is 426 cm³/mol. The molecular weight excluding hydrogens is 1510 g/mol. The topological polar surface area (TPSA) is 570 Å². The van der Waals surface area contributed by atoms with Gasteiger partial charge in [-0.2, -0.15) is 0 Å². The van der Waals surface area contributed by atoms with Crippen LogP contribution in [0.5, 0.6) is 0 Å². The zero-order chi connectivity index (χ0) is 85.7. The minimum Gasteiger partial charge on any atom is -0.481 e. The Bertz CT molecular complexity index is 4560.